The van der Waals surface area contributed by atoms with E-state index in [0.29, 0.717) is 10.8 Å². The van der Waals surface area contributed by atoms with E-state index in [1.54, 1.807) is 12.1 Å². The molecule has 5 rings (SSSR count). The Morgan fingerprint density at radius 1 is 1.00 bits per heavy atom. The second-order valence-corrected chi connectivity index (χ2v) is 8.55. The van der Waals surface area contributed by atoms with Crippen molar-refractivity contribution in [2.45, 2.75) is 12.8 Å². The number of carbonyl (C=O) groups is 1. The lowest BCUT2D eigenvalue weighted by molar-refractivity contribution is -0.120. The van der Waals surface area contributed by atoms with Crippen molar-refractivity contribution < 1.29 is 9.18 Å². The molecule has 0 unspecified atom stereocenters. The molecule has 3 heterocycles. The molecule has 1 N–H and O–H groups in total. The van der Waals surface area contributed by atoms with Crippen LogP contribution in [0.3, 0.4) is 0 Å². The van der Waals surface area contributed by atoms with E-state index in [2.05, 4.69) is 25.4 Å². The van der Waals surface area contributed by atoms with Gasteiger partial charge < -0.3 is 10.2 Å². The van der Waals surface area contributed by atoms with E-state index < -0.39 is 0 Å². The van der Waals surface area contributed by atoms with Crippen molar-refractivity contribution >= 4 is 38.4 Å². The number of amides is 1. The van der Waals surface area contributed by atoms with Crippen LogP contribution in [0.2, 0.25) is 0 Å². The van der Waals surface area contributed by atoms with Gasteiger partial charge in [-0.3, -0.25) is 4.79 Å². The van der Waals surface area contributed by atoms with Crippen LogP contribution in [-0.2, 0) is 4.79 Å². The minimum absolute atomic E-state index is 0.0245. The summed E-state index contributed by atoms with van der Waals surface area (Å²) in [5.74, 6) is 0.491. The van der Waals surface area contributed by atoms with Crippen molar-refractivity contribution in [3.05, 3.63) is 66.5 Å². The van der Waals surface area contributed by atoms with Crippen molar-refractivity contribution in [3.8, 4) is 11.3 Å². The molecule has 4 aromatic rings. The molecule has 0 bridgehead atoms. The molecule has 0 spiro atoms. The molecule has 156 valence electrons. The molecule has 0 aliphatic carbocycles. The number of thiazole rings is 1. The van der Waals surface area contributed by atoms with Gasteiger partial charge in [0.1, 0.15) is 5.82 Å². The van der Waals surface area contributed by atoms with E-state index >= 15 is 0 Å². The molecule has 31 heavy (non-hydrogen) atoms. The maximum absolute atomic E-state index is 13.1. The summed E-state index contributed by atoms with van der Waals surface area (Å²) in [5, 5.41) is 12.3. The first kappa shape index (κ1) is 19.6. The summed E-state index contributed by atoms with van der Waals surface area (Å²) in [6.07, 6.45) is 1.50. The number of rotatable bonds is 4. The predicted octanol–water partition coefficient (Wildman–Crippen LogP) is 4.75. The summed E-state index contributed by atoms with van der Waals surface area (Å²) in [6.45, 7) is 1.48. The number of para-hydroxylation sites is 1. The van der Waals surface area contributed by atoms with Crippen LogP contribution in [0, 0.1) is 11.7 Å². The number of hydrogen-bond donors (Lipinski definition) is 1. The number of aromatic nitrogens is 3. The molecule has 1 aliphatic rings. The number of piperidine rings is 1. The minimum atomic E-state index is -0.275. The van der Waals surface area contributed by atoms with Gasteiger partial charge in [-0.15, -0.1) is 10.2 Å². The zero-order valence-corrected chi connectivity index (χ0v) is 17.5. The van der Waals surface area contributed by atoms with Gasteiger partial charge in [-0.05, 0) is 61.4 Å². The highest BCUT2D eigenvalue weighted by Crippen LogP contribution is 2.28. The van der Waals surface area contributed by atoms with Gasteiger partial charge in [-0.25, -0.2) is 9.37 Å². The van der Waals surface area contributed by atoms with Gasteiger partial charge >= 0.3 is 0 Å². The number of benzene rings is 2. The molecule has 1 amide bonds. The van der Waals surface area contributed by atoms with Crippen molar-refractivity contribution in [1.82, 2.24) is 15.2 Å². The summed E-state index contributed by atoms with van der Waals surface area (Å²) in [7, 11) is 0. The maximum Gasteiger partial charge on any atom is 0.229 e. The van der Waals surface area contributed by atoms with Crippen LogP contribution in [0.5, 0.6) is 0 Å². The van der Waals surface area contributed by atoms with Crippen molar-refractivity contribution in [1.29, 1.82) is 0 Å². The number of anilines is 2. The Hall–Kier alpha value is -3.39. The van der Waals surface area contributed by atoms with Gasteiger partial charge in [0.2, 0.25) is 5.91 Å². The molecule has 8 heteroatoms. The molecular formula is C23H20FN5OS. The quantitative estimate of drug-likeness (QED) is 0.503. The van der Waals surface area contributed by atoms with Crippen LogP contribution in [-0.4, -0.2) is 34.2 Å². The van der Waals surface area contributed by atoms with Crippen LogP contribution in [0.1, 0.15) is 12.8 Å². The average molecular weight is 434 g/mol. The highest BCUT2D eigenvalue weighted by Gasteiger charge is 2.26. The van der Waals surface area contributed by atoms with Crippen LogP contribution >= 0.6 is 11.3 Å². The molecule has 1 aliphatic heterocycles. The first-order chi connectivity index (χ1) is 15.2. The lowest BCUT2D eigenvalue weighted by Crippen LogP contribution is -2.38. The van der Waals surface area contributed by atoms with E-state index in [1.807, 2.05) is 36.4 Å². The van der Waals surface area contributed by atoms with E-state index in [4.69, 9.17) is 0 Å². The SMILES string of the molecule is O=C(Nc1nc2ccccc2s1)C1CCN(c2ccc(-c3ccc(F)cc3)nn2)CC1. The zero-order valence-electron chi connectivity index (χ0n) is 16.7. The number of nitrogens with zero attached hydrogens (tertiary/aromatic N) is 4. The number of carbonyl (C=O) groups excluding carboxylic acids is 1. The van der Waals surface area contributed by atoms with Gasteiger partial charge in [-0.2, -0.15) is 0 Å². The third kappa shape index (κ3) is 4.25. The van der Waals surface area contributed by atoms with Gasteiger partial charge in [0, 0.05) is 24.6 Å². The third-order valence-electron chi connectivity index (χ3n) is 5.50. The van der Waals surface area contributed by atoms with Crippen LogP contribution in [0.15, 0.2) is 60.7 Å². The largest absolute Gasteiger partial charge is 0.355 e. The lowest BCUT2D eigenvalue weighted by atomic mass is 9.96. The van der Waals surface area contributed by atoms with Crippen LogP contribution < -0.4 is 10.2 Å². The second kappa shape index (κ2) is 8.39. The fourth-order valence-corrected chi connectivity index (χ4v) is 4.64. The van der Waals surface area contributed by atoms with E-state index in [1.165, 1.54) is 23.5 Å². The average Bonchev–Trinajstić information content (AvgIpc) is 3.22. The van der Waals surface area contributed by atoms with Gasteiger partial charge in [0.25, 0.3) is 0 Å². The maximum atomic E-state index is 13.1. The summed E-state index contributed by atoms with van der Waals surface area (Å²) >= 11 is 1.49. The molecule has 6 nitrogen and oxygen atoms in total. The zero-order chi connectivity index (χ0) is 21.2. The molecule has 0 saturated carbocycles. The number of hydrogen-bond acceptors (Lipinski definition) is 6. The van der Waals surface area contributed by atoms with Crippen molar-refractivity contribution in [2.75, 3.05) is 23.3 Å². The second-order valence-electron chi connectivity index (χ2n) is 7.52. The normalized spacial score (nSPS) is 14.7. The fraction of sp³-hybridized carbons (Fsp3) is 0.217. The monoisotopic (exact) mass is 433 g/mol. The minimum Gasteiger partial charge on any atom is -0.355 e. The van der Waals surface area contributed by atoms with E-state index in [0.717, 1.165) is 47.5 Å². The molecular weight excluding hydrogens is 413 g/mol. The highest BCUT2D eigenvalue weighted by molar-refractivity contribution is 7.22. The Morgan fingerprint density at radius 3 is 2.48 bits per heavy atom. The molecule has 1 saturated heterocycles. The molecule has 0 radical (unpaired) electrons. The Labute approximate surface area is 182 Å². The Morgan fingerprint density at radius 2 is 1.77 bits per heavy atom. The van der Waals surface area contributed by atoms with Crippen LogP contribution in [0.25, 0.3) is 21.5 Å². The highest BCUT2D eigenvalue weighted by atomic mass is 32.1. The predicted molar refractivity (Wildman–Crippen MR) is 121 cm³/mol. The number of halogens is 1. The van der Waals surface area contributed by atoms with Gasteiger partial charge in [0.05, 0.1) is 15.9 Å². The molecule has 0 atom stereocenters. The topological polar surface area (TPSA) is 71.0 Å². The number of fused-ring (bicyclic) bond motifs is 1. The lowest BCUT2D eigenvalue weighted by Gasteiger charge is -2.31. The molecule has 2 aromatic carbocycles. The molecule has 1 fully saturated rings. The summed E-state index contributed by atoms with van der Waals surface area (Å²) in [6, 6.07) is 17.9. The van der Waals surface area contributed by atoms with Crippen molar-refractivity contribution in [3.63, 3.8) is 0 Å². The standard InChI is InChI=1S/C23H20FN5OS/c24-17-7-5-15(6-8-17)18-9-10-21(28-27-18)29-13-11-16(12-14-29)22(30)26-23-25-19-3-1-2-4-20(19)31-23/h1-10,16H,11-14H2,(H,25,26,30). The Bertz CT molecular complexity index is 1170. The first-order valence-corrected chi connectivity index (χ1v) is 11.0. The van der Waals surface area contributed by atoms with E-state index in [-0.39, 0.29) is 17.6 Å². The summed E-state index contributed by atoms with van der Waals surface area (Å²) in [5.41, 5.74) is 2.43. The van der Waals surface area contributed by atoms with Crippen LogP contribution in [0.4, 0.5) is 15.3 Å². The molecule has 2 aromatic heterocycles. The van der Waals surface area contributed by atoms with Gasteiger partial charge in [-0.1, -0.05) is 23.5 Å². The van der Waals surface area contributed by atoms with Crippen molar-refractivity contribution in [2.24, 2.45) is 5.92 Å². The Kier molecular flexibility index (Phi) is 5.30. The summed E-state index contributed by atoms with van der Waals surface area (Å²) in [4.78, 5) is 19.3. The summed E-state index contributed by atoms with van der Waals surface area (Å²) < 4.78 is 14.2. The number of nitrogens with one attached hydrogen (secondary N) is 1. The Balaban J connectivity index is 1.19. The first-order valence-electron chi connectivity index (χ1n) is 10.2. The third-order valence-corrected chi connectivity index (χ3v) is 6.46. The van der Waals surface area contributed by atoms with E-state index in [9.17, 15) is 9.18 Å². The fourth-order valence-electron chi connectivity index (χ4n) is 3.77. The van der Waals surface area contributed by atoms with Gasteiger partial charge in [0.15, 0.2) is 10.9 Å². The smallest absolute Gasteiger partial charge is 0.229 e.